The van der Waals surface area contributed by atoms with Crippen molar-refractivity contribution in [3.05, 3.63) is 66.0 Å². The van der Waals surface area contributed by atoms with E-state index in [1.54, 1.807) is 18.0 Å². The fourth-order valence-electron chi connectivity index (χ4n) is 1.52. The molecule has 120 valence electrons. The molecule has 1 aromatic heterocycles. The van der Waals surface area contributed by atoms with Gasteiger partial charge in [0.25, 0.3) is 0 Å². The van der Waals surface area contributed by atoms with Gasteiger partial charge in [0, 0.05) is 11.9 Å². The third-order valence-corrected chi connectivity index (χ3v) is 3.84. The molecule has 2 aromatic rings. The summed E-state index contributed by atoms with van der Waals surface area (Å²) in [5.74, 6) is 0.838. The Morgan fingerprint density at radius 1 is 1.23 bits per heavy atom. The van der Waals surface area contributed by atoms with Gasteiger partial charge in [0.15, 0.2) is 4.32 Å². The van der Waals surface area contributed by atoms with E-state index in [9.17, 15) is 0 Å². The zero-order valence-corrected chi connectivity index (χ0v) is 15.1. The number of aromatic nitrogens is 1. The SMILES string of the molecule is CC(=NNC(=S)SCc1ccccc1)c1ccccn1.[Cl][Cu]. The van der Waals surface area contributed by atoms with Gasteiger partial charge in [0.1, 0.15) is 0 Å². The van der Waals surface area contributed by atoms with Gasteiger partial charge in [-0.05, 0) is 24.6 Å². The summed E-state index contributed by atoms with van der Waals surface area (Å²) in [6, 6.07) is 15.9. The summed E-state index contributed by atoms with van der Waals surface area (Å²) in [5, 5.41) is 4.25. The van der Waals surface area contributed by atoms with Gasteiger partial charge in [0.2, 0.25) is 0 Å². The molecule has 2 rings (SSSR count). The van der Waals surface area contributed by atoms with Crippen LogP contribution in [-0.2, 0) is 20.9 Å². The number of hydrogen-bond donors (Lipinski definition) is 1. The standard InChI is InChI=1S/C15H15N3S2.ClH.Cu/c1-12(14-9-5-6-10-16-14)17-18-15(19)20-11-13-7-3-2-4-8-13;;/h2-10H,11H2,1H3,(H,18,19);1H;/q;;+1/p-1. The van der Waals surface area contributed by atoms with Crippen molar-refractivity contribution in [2.24, 2.45) is 5.10 Å². The van der Waals surface area contributed by atoms with Crippen LogP contribution in [0.4, 0.5) is 0 Å². The number of hydrogen-bond acceptors (Lipinski definition) is 4. The number of pyridine rings is 1. The minimum absolute atomic E-state index is 0.657. The van der Waals surface area contributed by atoms with Crippen LogP contribution in [0.25, 0.3) is 0 Å². The third-order valence-electron chi connectivity index (χ3n) is 2.56. The van der Waals surface area contributed by atoms with Gasteiger partial charge < -0.3 is 0 Å². The molecule has 1 heterocycles. The first kappa shape index (κ1) is 19.1. The number of rotatable bonds is 4. The maximum atomic E-state index is 5.25. The number of halogens is 1. The molecular weight excluding hydrogens is 385 g/mol. The van der Waals surface area contributed by atoms with Crippen LogP contribution >= 0.6 is 34.1 Å². The molecule has 0 saturated carbocycles. The molecule has 0 atom stereocenters. The number of nitrogens with one attached hydrogen (secondary N) is 1. The Hall–Kier alpha value is -0.911. The van der Waals surface area contributed by atoms with Crippen molar-refractivity contribution in [2.45, 2.75) is 12.7 Å². The van der Waals surface area contributed by atoms with E-state index < -0.39 is 0 Å². The Morgan fingerprint density at radius 2 is 1.91 bits per heavy atom. The van der Waals surface area contributed by atoms with E-state index in [1.807, 2.05) is 43.3 Å². The van der Waals surface area contributed by atoms with Crippen LogP contribution in [0.2, 0.25) is 0 Å². The van der Waals surface area contributed by atoms with Crippen molar-refractivity contribution in [3.63, 3.8) is 0 Å². The van der Waals surface area contributed by atoms with Gasteiger partial charge >= 0.3 is 25.2 Å². The second-order valence-electron chi connectivity index (χ2n) is 4.09. The first-order chi connectivity index (χ1) is 10.8. The van der Waals surface area contributed by atoms with Gasteiger partial charge in [-0.1, -0.05) is 60.4 Å². The van der Waals surface area contributed by atoms with Crippen LogP contribution in [0.15, 0.2) is 59.8 Å². The number of hydrazone groups is 1. The van der Waals surface area contributed by atoms with Crippen LogP contribution in [0.1, 0.15) is 18.2 Å². The van der Waals surface area contributed by atoms with E-state index in [-0.39, 0.29) is 0 Å². The summed E-state index contributed by atoms with van der Waals surface area (Å²) in [6.45, 7) is 1.90. The molecular formula is C15H15ClCuN3S2. The molecule has 0 amide bonds. The van der Waals surface area contributed by atoms with E-state index in [2.05, 4.69) is 52.8 Å². The predicted molar refractivity (Wildman–Crippen MR) is 95.8 cm³/mol. The predicted octanol–water partition coefficient (Wildman–Crippen LogP) is 4.30. The zero-order valence-electron chi connectivity index (χ0n) is 11.8. The quantitative estimate of drug-likeness (QED) is 0.359. The molecule has 1 N–H and O–H groups in total. The van der Waals surface area contributed by atoms with Gasteiger partial charge in [-0.3, -0.25) is 10.4 Å². The number of benzene rings is 1. The summed E-state index contributed by atoms with van der Waals surface area (Å²) in [6.07, 6.45) is 1.75. The Labute approximate surface area is 153 Å². The van der Waals surface area contributed by atoms with Crippen LogP contribution in [-0.4, -0.2) is 15.0 Å². The molecule has 0 radical (unpaired) electrons. The van der Waals surface area contributed by atoms with Crippen LogP contribution in [0, 0.1) is 0 Å². The van der Waals surface area contributed by atoms with E-state index in [0.29, 0.717) is 4.32 Å². The average Bonchev–Trinajstić information content (AvgIpc) is 2.61. The van der Waals surface area contributed by atoms with Gasteiger partial charge in [-0.15, -0.1) is 0 Å². The van der Waals surface area contributed by atoms with E-state index >= 15 is 0 Å². The van der Waals surface area contributed by atoms with Gasteiger partial charge in [-0.2, -0.15) is 5.10 Å². The maximum absolute atomic E-state index is 5.25. The minimum atomic E-state index is 0.657. The van der Waals surface area contributed by atoms with Crippen molar-refractivity contribution in [1.29, 1.82) is 0 Å². The molecule has 0 saturated heterocycles. The number of thiocarbonyl (C=S) groups is 1. The van der Waals surface area contributed by atoms with Gasteiger partial charge in [-0.25, -0.2) is 0 Å². The normalized spacial score (nSPS) is 10.5. The number of nitrogens with zero attached hydrogens (tertiary/aromatic N) is 2. The molecule has 0 spiro atoms. The van der Waals surface area contributed by atoms with Crippen molar-refractivity contribution in [1.82, 2.24) is 10.4 Å². The fourth-order valence-corrected chi connectivity index (χ4v) is 2.34. The van der Waals surface area contributed by atoms with Crippen molar-refractivity contribution in [3.8, 4) is 0 Å². The Bertz CT molecular complexity index is 594. The van der Waals surface area contributed by atoms with E-state index in [1.165, 1.54) is 5.56 Å². The first-order valence-corrected chi connectivity index (χ1v) is 8.98. The second kappa shape index (κ2) is 11.6. The Balaban J connectivity index is 0.00000116. The summed E-state index contributed by atoms with van der Waals surface area (Å²) < 4.78 is 0.657. The van der Waals surface area contributed by atoms with E-state index in [0.717, 1.165) is 17.2 Å². The molecule has 1 aromatic carbocycles. The van der Waals surface area contributed by atoms with Crippen LogP contribution in [0.3, 0.4) is 0 Å². The van der Waals surface area contributed by atoms with Crippen LogP contribution in [0.5, 0.6) is 0 Å². The van der Waals surface area contributed by atoms with Crippen molar-refractivity contribution >= 4 is 44.1 Å². The first-order valence-electron chi connectivity index (χ1n) is 6.29. The molecule has 0 aliphatic rings. The monoisotopic (exact) mass is 399 g/mol. The molecule has 0 aliphatic carbocycles. The zero-order chi connectivity index (χ0) is 16.2. The molecule has 0 aliphatic heterocycles. The summed E-state index contributed by atoms with van der Waals surface area (Å²) in [4.78, 5) is 4.23. The molecule has 0 fully saturated rings. The summed E-state index contributed by atoms with van der Waals surface area (Å²) in [5.41, 5.74) is 5.79. The fraction of sp³-hybridized carbons (Fsp3) is 0.133. The number of thioether (sulfide) groups is 1. The second-order valence-corrected chi connectivity index (χ2v) is 5.74. The molecule has 7 heteroatoms. The molecule has 0 bridgehead atoms. The average molecular weight is 400 g/mol. The third kappa shape index (κ3) is 7.38. The summed E-state index contributed by atoms with van der Waals surface area (Å²) >= 11 is 10.5. The Kier molecular flexibility index (Phi) is 10.1. The van der Waals surface area contributed by atoms with E-state index in [4.69, 9.17) is 12.2 Å². The molecule has 0 unspecified atom stereocenters. The topological polar surface area (TPSA) is 37.3 Å². The van der Waals surface area contributed by atoms with Crippen LogP contribution < -0.4 is 5.43 Å². The molecule has 3 nitrogen and oxygen atoms in total. The molecule has 22 heavy (non-hydrogen) atoms. The summed E-state index contributed by atoms with van der Waals surface area (Å²) in [7, 11) is 4.20. The van der Waals surface area contributed by atoms with Crippen molar-refractivity contribution < 1.29 is 15.1 Å². The van der Waals surface area contributed by atoms with Gasteiger partial charge in [0.05, 0.1) is 11.4 Å². The Morgan fingerprint density at radius 3 is 2.55 bits per heavy atom. The van der Waals surface area contributed by atoms with Crippen molar-refractivity contribution in [2.75, 3.05) is 0 Å².